The Kier molecular flexibility index (Phi) is 4.57. The molecule has 2 heterocycles. The topological polar surface area (TPSA) is 111 Å². The van der Waals surface area contributed by atoms with Crippen molar-refractivity contribution >= 4 is 17.7 Å². The first-order chi connectivity index (χ1) is 12.4. The van der Waals surface area contributed by atoms with Crippen molar-refractivity contribution in [2.75, 3.05) is 24.7 Å². The molecule has 26 heavy (non-hydrogen) atoms. The predicted molar refractivity (Wildman–Crippen MR) is 87.3 cm³/mol. The van der Waals surface area contributed by atoms with Gasteiger partial charge in [-0.05, 0) is 25.1 Å². The first-order valence-electron chi connectivity index (χ1n) is 7.69. The van der Waals surface area contributed by atoms with E-state index in [1.807, 2.05) is 4.98 Å². The van der Waals surface area contributed by atoms with Crippen LogP contribution in [0.3, 0.4) is 0 Å². The van der Waals surface area contributed by atoms with Crippen LogP contribution in [0.2, 0.25) is 0 Å². The first-order valence-corrected chi connectivity index (χ1v) is 7.69. The second-order valence-electron chi connectivity index (χ2n) is 5.29. The number of nitrogens with one attached hydrogen (secondary N) is 1. The van der Waals surface area contributed by atoms with Gasteiger partial charge in [0, 0.05) is 6.20 Å². The van der Waals surface area contributed by atoms with E-state index in [9.17, 15) is 23.6 Å². The third-order valence-electron chi connectivity index (χ3n) is 3.70. The van der Waals surface area contributed by atoms with Crippen molar-refractivity contribution in [2.45, 2.75) is 6.92 Å². The summed E-state index contributed by atoms with van der Waals surface area (Å²) in [6.07, 6.45) is 0.324. The first kappa shape index (κ1) is 17.4. The molecule has 0 bridgehead atoms. The number of aromatic nitrogens is 2. The highest BCUT2D eigenvalue weighted by atomic mass is 19.1. The monoisotopic (exact) mass is 363 g/mol. The van der Waals surface area contributed by atoms with Crippen molar-refractivity contribution in [1.29, 1.82) is 0 Å². The molecule has 3 rings (SSSR count). The molecule has 9 nitrogen and oxygen atoms in total. The number of hydrogen-bond donors (Lipinski definition) is 1. The summed E-state index contributed by atoms with van der Waals surface area (Å²) in [6.45, 7) is 2.07. The zero-order valence-electron chi connectivity index (χ0n) is 13.7. The lowest BCUT2D eigenvalue weighted by Gasteiger charge is -2.14. The van der Waals surface area contributed by atoms with Gasteiger partial charge in [0.25, 0.3) is 5.56 Å². The molecule has 0 saturated carbocycles. The van der Waals surface area contributed by atoms with Crippen LogP contribution >= 0.6 is 0 Å². The Hall–Kier alpha value is -3.43. The van der Waals surface area contributed by atoms with Gasteiger partial charge in [0.1, 0.15) is 18.0 Å². The van der Waals surface area contributed by atoms with Crippen molar-refractivity contribution in [1.82, 2.24) is 9.55 Å². The van der Waals surface area contributed by atoms with Crippen LogP contribution in [0.5, 0.6) is 0 Å². The number of rotatable bonds is 4. The molecule has 1 saturated heterocycles. The fourth-order valence-electron chi connectivity index (χ4n) is 2.49. The molecule has 1 aromatic heterocycles. The van der Waals surface area contributed by atoms with Crippen LogP contribution in [0.4, 0.5) is 14.9 Å². The molecule has 1 aliphatic heterocycles. The molecular formula is C16H14FN3O6. The number of H-pyrrole nitrogens is 1. The van der Waals surface area contributed by atoms with Gasteiger partial charge in [0.2, 0.25) is 0 Å². The second-order valence-corrected chi connectivity index (χ2v) is 5.29. The molecule has 1 fully saturated rings. The maximum atomic E-state index is 14.5. The molecule has 0 atom stereocenters. The van der Waals surface area contributed by atoms with E-state index in [1.54, 1.807) is 6.92 Å². The van der Waals surface area contributed by atoms with Crippen molar-refractivity contribution in [3.63, 3.8) is 0 Å². The van der Waals surface area contributed by atoms with E-state index < -0.39 is 34.7 Å². The third-order valence-corrected chi connectivity index (χ3v) is 3.70. The highest BCUT2D eigenvalue weighted by Crippen LogP contribution is 2.23. The number of hydrogen-bond acceptors (Lipinski definition) is 6. The lowest BCUT2D eigenvalue weighted by atomic mass is 10.2. The molecule has 1 amide bonds. The summed E-state index contributed by atoms with van der Waals surface area (Å²) < 4.78 is 24.9. The number of nitrogens with zero attached hydrogens (tertiary/aromatic N) is 2. The smallest absolute Gasteiger partial charge is 0.414 e. The number of amides is 1. The van der Waals surface area contributed by atoms with Crippen LogP contribution in [0.1, 0.15) is 17.3 Å². The average Bonchev–Trinajstić information content (AvgIpc) is 3.01. The molecule has 1 N–H and O–H groups in total. The summed E-state index contributed by atoms with van der Waals surface area (Å²) in [4.78, 5) is 50.3. The third kappa shape index (κ3) is 3.08. The van der Waals surface area contributed by atoms with Crippen molar-refractivity contribution < 1.29 is 23.5 Å². The lowest BCUT2D eigenvalue weighted by molar-refractivity contribution is 0.0523. The number of benzene rings is 1. The summed E-state index contributed by atoms with van der Waals surface area (Å²) in [5.41, 5.74) is -2.22. The van der Waals surface area contributed by atoms with E-state index in [0.29, 0.717) is 0 Å². The maximum Gasteiger partial charge on any atom is 0.414 e. The van der Waals surface area contributed by atoms with Crippen LogP contribution in [0.15, 0.2) is 34.0 Å². The lowest BCUT2D eigenvalue weighted by Crippen LogP contribution is -2.33. The normalized spacial score (nSPS) is 13.6. The van der Waals surface area contributed by atoms with E-state index in [2.05, 4.69) is 0 Å². The van der Waals surface area contributed by atoms with E-state index in [0.717, 1.165) is 16.8 Å². The van der Waals surface area contributed by atoms with Crippen LogP contribution in [0.25, 0.3) is 5.69 Å². The van der Waals surface area contributed by atoms with Gasteiger partial charge in [-0.15, -0.1) is 0 Å². The van der Waals surface area contributed by atoms with Gasteiger partial charge in [-0.2, -0.15) is 0 Å². The summed E-state index contributed by atoms with van der Waals surface area (Å²) in [6, 6.07) is 3.74. The minimum Gasteiger partial charge on any atom is -0.462 e. The molecule has 0 aliphatic carbocycles. The van der Waals surface area contributed by atoms with Crippen LogP contribution in [0, 0.1) is 5.82 Å². The largest absolute Gasteiger partial charge is 0.462 e. The number of aromatic amines is 1. The molecule has 0 spiro atoms. The number of halogens is 1. The number of esters is 1. The molecular weight excluding hydrogens is 349 g/mol. The van der Waals surface area contributed by atoms with Crippen LogP contribution in [-0.2, 0) is 9.47 Å². The minimum atomic E-state index is -0.931. The fraction of sp³-hybridized carbons (Fsp3) is 0.250. The quantitative estimate of drug-likeness (QED) is 0.805. The van der Waals surface area contributed by atoms with Crippen molar-refractivity contribution in [3.05, 3.63) is 56.6 Å². The predicted octanol–water partition coefficient (Wildman–Crippen LogP) is 0.798. The Balaban J connectivity index is 2.05. The SMILES string of the molecule is CCOC(=O)c1cn(-c2ccc(N3CCOC3=O)cc2F)c(=O)[nH]c1=O. The summed E-state index contributed by atoms with van der Waals surface area (Å²) in [5.74, 6) is -1.76. The van der Waals surface area contributed by atoms with E-state index in [-0.39, 0.29) is 31.1 Å². The Morgan fingerprint density at radius 3 is 2.73 bits per heavy atom. The standard InChI is InChI=1S/C16H14FN3O6/c1-2-25-14(22)10-8-20(15(23)18-13(10)21)12-4-3-9(7-11(12)17)19-5-6-26-16(19)24/h3-4,7-8H,2,5-6H2,1H3,(H,18,21,23). The van der Waals surface area contributed by atoms with Crippen molar-refractivity contribution in [3.8, 4) is 5.69 Å². The number of carbonyl (C=O) groups is 2. The summed E-state index contributed by atoms with van der Waals surface area (Å²) >= 11 is 0. The van der Waals surface area contributed by atoms with E-state index >= 15 is 0 Å². The molecule has 2 aromatic rings. The van der Waals surface area contributed by atoms with Gasteiger partial charge in [0.05, 0.1) is 24.5 Å². The fourth-order valence-corrected chi connectivity index (χ4v) is 2.49. The van der Waals surface area contributed by atoms with E-state index in [4.69, 9.17) is 9.47 Å². The second kappa shape index (κ2) is 6.82. The molecule has 1 aromatic carbocycles. The van der Waals surface area contributed by atoms with Crippen LogP contribution < -0.4 is 16.1 Å². The molecule has 0 radical (unpaired) electrons. The zero-order chi connectivity index (χ0) is 18.8. The average molecular weight is 363 g/mol. The van der Waals surface area contributed by atoms with Gasteiger partial charge in [0.15, 0.2) is 0 Å². The number of cyclic esters (lactones) is 1. The van der Waals surface area contributed by atoms with Gasteiger partial charge in [-0.25, -0.2) is 18.8 Å². The number of carbonyl (C=O) groups excluding carboxylic acids is 2. The Labute approximate surface area is 145 Å². The van der Waals surface area contributed by atoms with Gasteiger partial charge >= 0.3 is 17.8 Å². The summed E-state index contributed by atoms with van der Waals surface area (Å²) in [7, 11) is 0. The molecule has 10 heteroatoms. The van der Waals surface area contributed by atoms with Crippen molar-refractivity contribution in [2.24, 2.45) is 0 Å². The molecule has 0 unspecified atom stereocenters. The zero-order valence-corrected chi connectivity index (χ0v) is 13.7. The van der Waals surface area contributed by atoms with E-state index in [1.165, 1.54) is 17.0 Å². The maximum absolute atomic E-state index is 14.5. The van der Waals surface area contributed by atoms with Gasteiger partial charge in [-0.3, -0.25) is 19.2 Å². The highest BCUT2D eigenvalue weighted by Gasteiger charge is 2.25. The minimum absolute atomic E-state index is 0.0341. The molecule has 136 valence electrons. The Bertz CT molecular complexity index is 996. The number of ether oxygens (including phenoxy) is 2. The van der Waals surface area contributed by atoms with Gasteiger partial charge < -0.3 is 9.47 Å². The number of anilines is 1. The Morgan fingerprint density at radius 2 is 2.12 bits per heavy atom. The Morgan fingerprint density at radius 1 is 1.35 bits per heavy atom. The highest BCUT2D eigenvalue weighted by molar-refractivity contribution is 5.89. The molecule has 1 aliphatic rings. The summed E-state index contributed by atoms with van der Waals surface area (Å²) in [5, 5.41) is 0. The van der Waals surface area contributed by atoms with Crippen LogP contribution in [-0.4, -0.2) is 41.4 Å². The van der Waals surface area contributed by atoms with Gasteiger partial charge in [-0.1, -0.05) is 0 Å².